The lowest BCUT2D eigenvalue weighted by molar-refractivity contribution is -0.183. The first-order chi connectivity index (χ1) is 5.14. The van der Waals surface area contributed by atoms with Crippen LogP contribution in [0.15, 0.2) is 0 Å². The van der Waals surface area contributed by atoms with E-state index >= 15 is 0 Å². The van der Waals surface area contributed by atoms with Crippen LogP contribution in [0.2, 0.25) is 0 Å². The summed E-state index contributed by atoms with van der Waals surface area (Å²) < 4.78 is 0. The van der Waals surface area contributed by atoms with Gasteiger partial charge in [-0.3, -0.25) is 4.79 Å². The topological polar surface area (TPSA) is 20.3 Å². The predicted octanol–water partition coefficient (Wildman–Crippen LogP) is 1.65. The Morgan fingerprint density at radius 1 is 1.45 bits per heavy atom. The standard InChI is InChI=1S/C7H11NO.C2H6/c1-7(2)5-3-4-8(5)6(7)9;1-2/h5H,3-4H2,1-2H3;1-2H3. The molecule has 64 valence electrons. The number of nitrogens with zero attached hydrogens (tertiary/aromatic N) is 1. The Kier molecular flexibility index (Phi) is 1.95. The summed E-state index contributed by atoms with van der Waals surface area (Å²) in [5.41, 5.74) is -0.0156. The molecule has 0 aromatic heterocycles. The maximum absolute atomic E-state index is 11.1. The van der Waals surface area contributed by atoms with E-state index in [1.54, 1.807) is 0 Å². The van der Waals surface area contributed by atoms with Crippen molar-refractivity contribution in [1.82, 2.24) is 4.90 Å². The summed E-state index contributed by atoms with van der Waals surface area (Å²) in [6, 6.07) is 0.588. The number of carbonyl (C=O) groups is 1. The predicted molar refractivity (Wildman–Crippen MR) is 45.2 cm³/mol. The van der Waals surface area contributed by atoms with Gasteiger partial charge in [0.1, 0.15) is 0 Å². The molecular weight excluding hydrogens is 138 g/mol. The highest BCUT2D eigenvalue weighted by atomic mass is 16.2. The maximum Gasteiger partial charge on any atom is 0.230 e. The molecule has 1 amide bonds. The van der Waals surface area contributed by atoms with Crippen molar-refractivity contribution in [3.63, 3.8) is 0 Å². The normalized spacial score (nSPS) is 30.7. The van der Waals surface area contributed by atoms with Crippen LogP contribution in [0, 0.1) is 5.41 Å². The molecule has 0 spiro atoms. The molecule has 0 aliphatic carbocycles. The van der Waals surface area contributed by atoms with Gasteiger partial charge in [-0.05, 0) is 20.3 Å². The fraction of sp³-hybridized carbons (Fsp3) is 0.889. The van der Waals surface area contributed by atoms with Crippen molar-refractivity contribution >= 4 is 5.91 Å². The van der Waals surface area contributed by atoms with Gasteiger partial charge in [-0.25, -0.2) is 0 Å². The lowest BCUT2D eigenvalue weighted by Crippen LogP contribution is -2.73. The van der Waals surface area contributed by atoms with Gasteiger partial charge in [0.25, 0.3) is 0 Å². The molecule has 2 heterocycles. The van der Waals surface area contributed by atoms with Gasteiger partial charge in [0, 0.05) is 12.6 Å². The number of amides is 1. The van der Waals surface area contributed by atoms with E-state index in [1.807, 2.05) is 32.6 Å². The van der Waals surface area contributed by atoms with Crippen LogP contribution in [0.25, 0.3) is 0 Å². The highest BCUT2D eigenvalue weighted by Gasteiger charge is 2.58. The summed E-state index contributed by atoms with van der Waals surface area (Å²) >= 11 is 0. The van der Waals surface area contributed by atoms with Gasteiger partial charge in [0.15, 0.2) is 0 Å². The van der Waals surface area contributed by atoms with Gasteiger partial charge in [-0.1, -0.05) is 13.8 Å². The molecule has 2 saturated heterocycles. The lowest BCUT2D eigenvalue weighted by Gasteiger charge is -2.60. The van der Waals surface area contributed by atoms with E-state index < -0.39 is 0 Å². The Balaban J connectivity index is 0.000000281. The summed E-state index contributed by atoms with van der Waals surface area (Å²) in [5, 5.41) is 0. The quantitative estimate of drug-likeness (QED) is 0.487. The summed E-state index contributed by atoms with van der Waals surface area (Å²) in [4.78, 5) is 13.0. The van der Waals surface area contributed by atoms with E-state index in [0.717, 1.165) is 6.54 Å². The van der Waals surface area contributed by atoms with Crippen molar-refractivity contribution in [3.05, 3.63) is 0 Å². The van der Waals surface area contributed by atoms with Gasteiger partial charge >= 0.3 is 0 Å². The zero-order valence-corrected chi connectivity index (χ0v) is 7.85. The number of hydrogen-bond acceptors (Lipinski definition) is 1. The largest absolute Gasteiger partial charge is 0.338 e. The molecular formula is C9H17NO. The summed E-state index contributed by atoms with van der Waals surface area (Å²) in [6.07, 6.45) is 1.22. The van der Waals surface area contributed by atoms with Crippen molar-refractivity contribution in [2.45, 2.75) is 40.2 Å². The fourth-order valence-electron chi connectivity index (χ4n) is 1.83. The molecule has 2 aliphatic rings. The van der Waals surface area contributed by atoms with Crippen molar-refractivity contribution in [2.24, 2.45) is 5.41 Å². The van der Waals surface area contributed by atoms with Crippen molar-refractivity contribution < 1.29 is 4.79 Å². The monoisotopic (exact) mass is 155 g/mol. The molecule has 1 unspecified atom stereocenters. The van der Waals surface area contributed by atoms with Crippen molar-refractivity contribution in [2.75, 3.05) is 6.54 Å². The smallest absolute Gasteiger partial charge is 0.230 e. The second-order valence-corrected chi connectivity index (χ2v) is 3.52. The first-order valence-electron chi connectivity index (χ1n) is 4.45. The molecule has 0 bridgehead atoms. The zero-order chi connectivity index (χ0) is 8.65. The Bertz CT molecular complexity index is 174. The third-order valence-electron chi connectivity index (χ3n) is 2.66. The highest BCUT2D eigenvalue weighted by Crippen LogP contribution is 2.46. The van der Waals surface area contributed by atoms with Crippen LogP contribution in [0.4, 0.5) is 0 Å². The SMILES string of the molecule is CC.CC1(C)C(=O)N2CCC21. The average molecular weight is 155 g/mol. The van der Waals surface area contributed by atoms with E-state index in [4.69, 9.17) is 0 Å². The molecule has 11 heavy (non-hydrogen) atoms. The van der Waals surface area contributed by atoms with Gasteiger partial charge in [0.05, 0.1) is 5.41 Å². The molecule has 2 nitrogen and oxygen atoms in total. The summed E-state index contributed by atoms with van der Waals surface area (Å²) in [7, 11) is 0. The summed E-state index contributed by atoms with van der Waals surface area (Å²) in [5.74, 6) is 0.346. The fourth-order valence-corrected chi connectivity index (χ4v) is 1.83. The molecule has 0 N–H and O–H groups in total. The molecule has 0 saturated carbocycles. The van der Waals surface area contributed by atoms with Gasteiger partial charge in [-0.2, -0.15) is 0 Å². The van der Waals surface area contributed by atoms with Crippen LogP contribution in [0.1, 0.15) is 34.1 Å². The maximum atomic E-state index is 11.1. The van der Waals surface area contributed by atoms with Crippen LogP contribution in [0.3, 0.4) is 0 Å². The first-order valence-corrected chi connectivity index (χ1v) is 4.45. The molecule has 2 rings (SSSR count). The molecule has 1 atom stereocenters. The van der Waals surface area contributed by atoms with E-state index in [9.17, 15) is 4.79 Å². The number of hydrogen-bond donors (Lipinski definition) is 0. The second-order valence-electron chi connectivity index (χ2n) is 3.52. The number of rotatable bonds is 0. The third kappa shape index (κ3) is 0.883. The van der Waals surface area contributed by atoms with E-state index in [2.05, 4.69) is 0 Å². The Morgan fingerprint density at radius 2 is 2.00 bits per heavy atom. The Labute approximate surface area is 68.6 Å². The zero-order valence-electron chi connectivity index (χ0n) is 7.85. The Hall–Kier alpha value is -0.530. The molecule has 2 fully saturated rings. The van der Waals surface area contributed by atoms with Gasteiger partial charge in [-0.15, -0.1) is 0 Å². The van der Waals surface area contributed by atoms with Gasteiger partial charge in [0.2, 0.25) is 5.91 Å². The van der Waals surface area contributed by atoms with Crippen molar-refractivity contribution in [3.8, 4) is 0 Å². The average Bonchev–Trinajstić information content (AvgIpc) is 1.89. The van der Waals surface area contributed by atoms with Crippen LogP contribution in [-0.4, -0.2) is 23.4 Å². The molecule has 0 aromatic rings. The first kappa shape index (κ1) is 8.57. The highest BCUT2D eigenvalue weighted by molar-refractivity contribution is 5.90. The van der Waals surface area contributed by atoms with Crippen LogP contribution in [-0.2, 0) is 4.79 Å². The second kappa shape index (κ2) is 2.50. The van der Waals surface area contributed by atoms with Crippen LogP contribution in [0.5, 0.6) is 0 Å². The van der Waals surface area contributed by atoms with Gasteiger partial charge < -0.3 is 4.90 Å². The molecule has 2 aliphatic heterocycles. The molecule has 0 radical (unpaired) electrons. The van der Waals surface area contributed by atoms with E-state index in [0.29, 0.717) is 11.9 Å². The summed E-state index contributed by atoms with van der Waals surface area (Å²) in [6.45, 7) is 9.08. The van der Waals surface area contributed by atoms with E-state index in [1.165, 1.54) is 6.42 Å². The number of β-lactam (4-membered cyclic amide) rings is 1. The molecule has 0 aromatic carbocycles. The Morgan fingerprint density at radius 3 is 2.09 bits per heavy atom. The third-order valence-corrected chi connectivity index (χ3v) is 2.66. The van der Waals surface area contributed by atoms with E-state index in [-0.39, 0.29) is 5.41 Å². The van der Waals surface area contributed by atoms with Crippen LogP contribution >= 0.6 is 0 Å². The minimum absolute atomic E-state index is 0.0156. The number of carbonyl (C=O) groups excluding carboxylic acids is 1. The number of piperidine rings is 1. The van der Waals surface area contributed by atoms with Crippen molar-refractivity contribution in [1.29, 1.82) is 0 Å². The number of fused-ring (bicyclic) bond motifs is 1. The van der Waals surface area contributed by atoms with Crippen LogP contribution < -0.4 is 0 Å². The molecule has 2 heteroatoms. The lowest BCUT2D eigenvalue weighted by atomic mass is 9.67. The minimum atomic E-state index is -0.0156. The minimum Gasteiger partial charge on any atom is -0.338 e.